The Bertz CT molecular complexity index is 594. The smallest absolute Gasteiger partial charge is 0.00822 e. The van der Waals surface area contributed by atoms with Gasteiger partial charge in [0.2, 0.25) is 0 Å². The summed E-state index contributed by atoms with van der Waals surface area (Å²) in [6.45, 7) is 7.16. The molecule has 1 aromatic rings. The summed E-state index contributed by atoms with van der Waals surface area (Å²) in [6.07, 6.45) is 10.8. The minimum Gasteiger partial charge on any atom is -0.0845 e. The summed E-state index contributed by atoms with van der Waals surface area (Å²) in [5.41, 5.74) is 7.08. The molecule has 1 aromatic carbocycles. The molecule has 0 amide bonds. The summed E-state index contributed by atoms with van der Waals surface area (Å²) < 4.78 is 0. The summed E-state index contributed by atoms with van der Waals surface area (Å²) in [4.78, 5) is 0. The van der Waals surface area contributed by atoms with Crippen LogP contribution in [-0.4, -0.2) is 0 Å². The van der Waals surface area contributed by atoms with Crippen LogP contribution in [0.3, 0.4) is 0 Å². The molecule has 3 aliphatic carbocycles. The van der Waals surface area contributed by atoms with E-state index < -0.39 is 0 Å². The van der Waals surface area contributed by atoms with E-state index in [2.05, 4.69) is 45.0 Å². The molecule has 0 bridgehead atoms. The topological polar surface area (TPSA) is 0 Å². The van der Waals surface area contributed by atoms with Gasteiger partial charge in [-0.25, -0.2) is 0 Å². The Morgan fingerprint density at radius 1 is 1.24 bits per heavy atom. The first-order valence-electron chi connectivity index (χ1n) is 8.92. The van der Waals surface area contributed by atoms with Gasteiger partial charge in [-0.05, 0) is 79.7 Å². The van der Waals surface area contributed by atoms with Crippen LogP contribution in [0.4, 0.5) is 0 Å². The van der Waals surface area contributed by atoms with Crippen LogP contribution in [0.1, 0.15) is 68.6 Å². The van der Waals surface area contributed by atoms with Crippen molar-refractivity contribution in [1.29, 1.82) is 0 Å². The normalized spacial score (nSPS) is 37.5. The highest BCUT2D eigenvalue weighted by atomic mass is 14.5. The zero-order valence-electron chi connectivity index (χ0n) is 13.8. The van der Waals surface area contributed by atoms with Gasteiger partial charge in [0.05, 0.1) is 0 Å². The van der Waals surface area contributed by atoms with Crippen LogP contribution in [0.2, 0.25) is 0 Å². The fourth-order valence-electron chi connectivity index (χ4n) is 5.92. The van der Waals surface area contributed by atoms with Crippen molar-refractivity contribution < 1.29 is 0 Å². The molecule has 0 heteroatoms. The second kappa shape index (κ2) is 4.73. The predicted octanol–water partition coefficient (Wildman–Crippen LogP) is 5.80. The highest BCUT2D eigenvalue weighted by Crippen LogP contribution is 2.61. The Balaban J connectivity index is 1.69. The molecule has 21 heavy (non-hydrogen) atoms. The van der Waals surface area contributed by atoms with E-state index in [4.69, 9.17) is 0 Å². The van der Waals surface area contributed by atoms with Crippen LogP contribution in [-0.2, 0) is 6.42 Å². The molecule has 3 unspecified atom stereocenters. The number of hydrogen-bond acceptors (Lipinski definition) is 0. The van der Waals surface area contributed by atoms with Gasteiger partial charge in [0.25, 0.3) is 0 Å². The lowest BCUT2D eigenvalue weighted by Gasteiger charge is -2.50. The van der Waals surface area contributed by atoms with Crippen LogP contribution in [0.5, 0.6) is 0 Å². The minimum absolute atomic E-state index is 0.526. The van der Waals surface area contributed by atoms with E-state index >= 15 is 0 Å². The molecule has 4 atom stereocenters. The number of benzene rings is 1. The van der Waals surface area contributed by atoms with Crippen molar-refractivity contribution in [2.24, 2.45) is 17.3 Å². The van der Waals surface area contributed by atoms with Gasteiger partial charge in [0.1, 0.15) is 0 Å². The van der Waals surface area contributed by atoms with E-state index in [-0.39, 0.29) is 0 Å². The molecule has 0 spiro atoms. The van der Waals surface area contributed by atoms with E-state index in [0.717, 1.165) is 17.8 Å². The molecule has 0 radical (unpaired) electrons. The predicted molar refractivity (Wildman–Crippen MR) is 89.6 cm³/mol. The van der Waals surface area contributed by atoms with Gasteiger partial charge in [0, 0.05) is 0 Å². The van der Waals surface area contributed by atoms with E-state index in [1.165, 1.54) is 44.1 Å². The molecule has 4 rings (SSSR count). The highest BCUT2D eigenvalue weighted by Gasteiger charge is 2.50. The molecule has 0 saturated heterocycles. The number of hydrogen-bond donors (Lipinski definition) is 0. The van der Waals surface area contributed by atoms with Gasteiger partial charge < -0.3 is 0 Å². The quantitative estimate of drug-likeness (QED) is 0.570. The van der Waals surface area contributed by atoms with Crippen molar-refractivity contribution in [1.82, 2.24) is 0 Å². The fourth-order valence-corrected chi connectivity index (χ4v) is 5.92. The molecule has 3 aliphatic rings. The van der Waals surface area contributed by atoms with Gasteiger partial charge in [0.15, 0.2) is 0 Å². The first-order chi connectivity index (χ1) is 10.1. The second-order valence-electron chi connectivity index (χ2n) is 7.89. The Morgan fingerprint density at radius 2 is 2.10 bits per heavy atom. The SMILES string of the molecule is CCC1=CCC2C3CCc4cc(C)ccc4C3CC[C@]12C. The summed E-state index contributed by atoms with van der Waals surface area (Å²) >= 11 is 0. The Morgan fingerprint density at radius 3 is 2.90 bits per heavy atom. The third kappa shape index (κ3) is 1.87. The average Bonchev–Trinajstić information content (AvgIpc) is 2.83. The van der Waals surface area contributed by atoms with Crippen molar-refractivity contribution in [2.75, 3.05) is 0 Å². The lowest BCUT2D eigenvalue weighted by Crippen LogP contribution is -2.41. The lowest BCUT2D eigenvalue weighted by atomic mass is 9.54. The zero-order chi connectivity index (χ0) is 14.6. The van der Waals surface area contributed by atoms with E-state index in [1.807, 2.05) is 0 Å². The monoisotopic (exact) mass is 280 g/mol. The molecule has 1 saturated carbocycles. The lowest BCUT2D eigenvalue weighted by molar-refractivity contribution is 0.0736. The molecule has 0 heterocycles. The maximum Gasteiger partial charge on any atom is -0.00822 e. The zero-order valence-corrected chi connectivity index (χ0v) is 13.8. The molecule has 1 fully saturated rings. The number of rotatable bonds is 1. The van der Waals surface area contributed by atoms with Crippen LogP contribution < -0.4 is 0 Å². The molecule has 0 aliphatic heterocycles. The molecule has 0 N–H and O–H groups in total. The third-order valence-corrected chi connectivity index (χ3v) is 7.00. The fraction of sp³-hybridized carbons (Fsp3) is 0.619. The van der Waals surface area contributed by atoms with Crippen molar-refractivity contribution >= 4 is 0 Å². The summed E-state index contributed by atoms with van der Waals surface area (Å²) in [5, 5.41) is 0. The van der Waals surface area contributed by atoms with Crippen LogP contribution in [0.15, 0.2) is 29.8 Å². The van der Waals surface area contributed by atoms with E-state index in [1.54, 1.807) is 16.7 Å². The number of aryl methyl sites for hydroxylation is 2. The summed E-state index contributed by atoms with van der Waals surface area (Å²) in [5.74, 6) is 2.69. The van der Waals surface area contributed by atoms with Crippen molar-refractivity contribution in [3.8, 4) is 0 Å². The van der Waals surface area contributed by atoms with Crippen LogP contribution >= 0.6 is 0 Å². The largest absolute Gasteiger partial charge is 0.0845 e. The number of allylic oxidation sites excluding steroid dienone is 2. The molecule has 0 nitrogen and oxygen atoms in total. The van der Waals surface area contributed by atoms with Crippen molar-refractivity contribution in [3.05, 3.63) is 46.5 Å². The molecular weight excluding hydrogens is 252 g/mol. The standard InChI is InChI=1S/C21H28/c1-4-16-7-10-20-19-9-6-15-13-14(2)5-8-17(15)18(19)11-12-21(16,20)3/h5,7-8,13,18-20H,4,6,9-12H2,1-3H3/t18?,19?,20?,21-/m1/s1. The summed E-state index contributed by atoms with van der Waals surface area (Å²) in [7, 11) is 0. The third-order valence-electron chi connectivity index (χ3n) is 7.00. The van der Waals surface area contributed by atoms with E-state index in [9.17, 15) is 0 Å². The molecule has 112 valence electrons. The number of fused-ring (bicyclic) bond motifs is 5. The Kier molecular flexibility index (Phi) is 3.07. The average molecular weight is 280 g/mol. The van der Waals surface area contributed by atoms with Crippen molar-refractivity contribution in [3.63, 3.8) is 0 Å². The van der Waals surface area contributed by atoms with Crippen molar-refractivity contribution in [2.45, 2.75) is 65.2 Å². The first-order valence-corrected chi connectivity index (χ1v) is 8.92. The molecular formula is C21H28. The first kappa shape index (κ1) is 13.6. The van der Waals surface area contributed by atoms with Gasteiger partial charge in [-0.2, -0.15) is 0 Å². The van der Waals surface area contributed by atoms with E-state index in [0.29, 0.717) is 5.41 Å². The maximum atomic E-state index is 2.59. The highest BCUT2D eigenvalue weighted by molar-refractivity contribution is 5.39. The Hall–Kier alpha value is -1.04. The summed E-state index contributed by atoms with van der Waals surface area (Å²) in [6, 6.07) is 7.23. The van der Waals surface area contributed by atoms with Gasteiger partial charge in [-0.1, -0.05) is 49.3 Å². The van der Waals surface area contributed by atoms with Gasteiger partial charge >= 0.3 is 0 Å². The minimum atomic E-state index is 0.526. The molecule has 0 aromatic heterocycles. The maximum absolute atomic E-state index is 2.59. The Labute approximate surface area is 129 Å². The van der Waals surface area contributed by atoms with Gasteiger partial charge in [-0.15, -0.1) is 0 Å². The van der Waals surface area contributed by atoms with Crippen LogP contribution in [0.25, 0.3) is 0 Å². The van der Waals surface area contributed by atoms with Gasteiger partial charge in [-0.3, -0.25) is 0 Å². The second-order valence-corrected chi connectivity index (χ2v) is 7.89. The van der Waals surface area contributed by atoms with Crippen LogP contribution in [0, 0.1) is 24.2 Å².